The van der Waals surface area contributed by atoms with Crippen LogP contribution in [0.5, 0.6) is 5.75 Å². The van der Waals surface area contributed by atoms with Crippen LogP contribution in [0.4, 0.5) is 17.3 Å². The molecule has 7 nitrogen and oxygen atoms in total. The lowest BCUT2D eigenvalue weighted by atomic mass is 10.4. The molecule has 0 saturated heterocycles. The number of anilines is 3. The Hall–Kier alpha value is -2.31. The summed E-state index contributed by atoms with van der Waals surface area (Å²) in [6.45, 7) is 1.90. The van der Waals surface area contributed by atoms with Crippen LogP contribution >= 0.6 is 0 Å². The molecule has 2 aromatic heterocycles. The van der Waals surface area contributed by atoms with Gasteiger partial charge in [-0.15, -0.1) is 0 Å². The summed E-state index contributed by atoms with van der Waals surface area (Å²) in [4.78, 5) is 7.95. The van der Waals surface area contributed by atoms with Crippen LogP contribution in [0.15, 0.2) is 12.5 Å². The molecule has 0 radical (unpaired) electrons. The number of nitrogens with zero attached hydrogens (tertiary/aromatic N) is 4. The van der Waals surface area contributed by atoms with Gasteiger partial charge in [0.2, 0.25) is 5.75 Å². The van der Waals surface area contributed by atoms with Crippen LogP contribution in [-0.2, 0) is 7.05 Å². The average Bonchev–Trinajstić information content (AvgIpc) is 2.58. The molecule has 0 bridgehead atoms. The minimum absolute atomic E-state index is 0.298. The number of hydrogen-bond acceptors (Lipinski definition) is 6. The Morgan fingerprint density at radius 1 is 1.41 bits per heavy atom. The third-order valence-electron chi connectivity index (χ3n) is 2.30. The molecule has 0 fully saturated rings. The van der Waals surface area contributed by atoms with Crippen molar-refractivity contribution in [3.8, 4) is 5.75 Å². The zero-order valence-corrected chi connectivity index (χ0v) is 9.93. The van der Waals surface area contributed by atoms with Crippen molar-refractivity contribution in [3.63, 3.8) is 0 Å². The van der Waals surface area contributed by atoms with Crippen molar-refractivity contribution in [2.24, 2.45) is 7.05 Å². The van der Waals surface area contributed by atoms with Crippen molar-refractivity contribution < 1.29 is 4.74 Å². The van der Waals surface area contributed by atoms with Crippen molar-refractivity contribution in [2.45, 2.75) is 6.92 Å². The molecule has 0 spiro atoms. The van der Waals surface area contributed by atoms with Gasteiger partial charge in [0.15, 0.2) is 11.6 Å². The Labute approximate surface area is 98.6 Å². The van der Waals surface area contributed by atoms with Gasteiger partial charge in [0, 0.05) is 13.2 Å². The number of rotatable bonds is 3. The highest BCUT2D eigenvalue weighted by Gasteiger charge is 2.11. The van der Waals surface area contributed by atoms with Gasteiger partial charge in [-0.05, 0) is 6.92 Å². The van der Waals surface area contributed by atoms with Crippen molar-refractivity contribution in [3.05, 3.63) is 18.2 Å². The number of ether oxygens (including phenoxy) is 1. The van der Waals surface area contributed by atoms with Gasteiger partial charge in [0.1, 0.15) is 6.33 Å². The van der Waals surface area contributed by atoms with Crippen LogP contribution in [0.1, 0.15) is 5.69 Å². The Morgan fingerprint density at radius 2 is 2.18 bits per heavy atom. The third kappa shape index (κ3) is 2.12. The second kappa shape index (κ2) is 4.28. The predicted molar refractivity (Wildman–Crippen MR) is 64.2 cm³/mol. The van der Waals surface area contributed by atoms with Gasteiger partial charge in [0.05, 0.1) is 18.5 Å². The second-order valence-corrected chi connectivity index (χ2v) is 3.57. The summed E-state index contributed by atoms with van der Waals surface area (Å²) in [6, 6.07) is 0. The van der Waals surface area contributed by atoms with E-state index < -0.39 is 0 Å². The average molecular weight is 234 g/mol. The highest BCUT2D eigenvalue weighted by atomic mass is 16.5. The molecular weight excluding hydrogens is 220 g/mol. The fourth-order valence-corrected chi connectivity index (χ4v) is 1.53. The molecule has 0 aliphatic rings. The van der Waals surface area contributed by atoms with Crippen LogP contribution in [0, 0.1) is 6.92 Å². The molecule has 7 heteroatoms. The first-order valence-corrected chi connectivity index (χ1v) is 5.03. The number of nitrogens with one attached hydrogen (secondary N) is 1. The highest BCUT2D eigenvalue weighted by Crippen LogP contribution is 2.29. The molecule has 90 valence electrons. The van der Waals surface area contributed by atoms with Crippen LogP contribution in [0.2, 0.25) is 0 Å². The lowest BCUT2D eigenvalue weighted by Crippen LogP contribution is -2.02. The van der Waals surface area contributed by atoms with E-state index in [9.17, 15) is 0 Å². The van der Waals surface area contributed by atoms with E-state index in [2.05, 4.69) is 20.4 Å². The Morgan fingerprint density at radius 3 is 2.76 bits per heavy atom. The molecular formula is C10H14N6O. The molecule has 2 rings (SSSR count). The maximum Gasteiger partial charge on any atom is 0.204 e. The summed E-state index contributed by atoms with van der Waals surface area (Å²) in [7, 11) is 3.38. The molecule has 0 aliphatic heterocycles. The number of methoxy groups -OCH3 is 1. The second-order valence-electron chi connectivity index (χ2n) is 3.57. The molecule has 2 heterocycles. The predicted octanol–water partition coefficient (Wildman–Crippen LogP) is 0.853. The zero-order valence-electron chi connectivity index (χ0n) is 9.93. The first kappa shape index (κ1) is 11.2. The van der Waals surface area contributed by atoms with Gasteiger partial charge >= 0.3 is 0 Å². The minimum atomic E-state index is 0.298. The molecule has 17 heavy (non-hydrogen) atoms. The third-order valence-corrected chi connectivity index (χ3v) is 2.30. The number of nitrogen functional groups attached to an aromatic ring is 1. The summed E-state index contributed by atoms with van der Waals surface area (Å²) in [6.07, 6.45) is 3.24. The van der Waals surface area contributed by atoms with Gasteiger partial charge in [-0.25, -0.2) is 9.97 Å². The number of aryl methyl sites for hydroxylation is 2. The maximum absolute atomic E-state index is 5.69. The fourth-order valence-electron chi connectivity index (χ4n) is 1.53. The molecule has 3 N–H and O–H groups in total. The Balaban J connectivity index is 2.36. The van der Waals surface area contributed by atoms with Crippen molar-refractivity contribution in [1.29, 1.82) is 0 Å². The van der Waals surface area contributed by atoms with Gasteiger partial charge in [0.25, 0.3) is 0 Å². The molecule has 0 amide bonds. The standard InChI is InChI=1S/C10H14N6O/c1-6-7(4-16(2)15-6)14-10-8(17-3)9(11)12-5-13-10/h4-5H,1-3H3,(H3,11,12,13,14). The lowest BCUT2D eigenvalue weighted by molar-refractivity contribution is 0.415. The van der Waals surface area contributed by atoms with E-state index in [1.807, 2.05) is 20.2 Å². The quantitative estimate of drug-likeness (QED) is 0.818. The monoisotopic (exact) mass is 234 g/mol. The number of aromatic nitrogens is 4. The van der Waals surface area contributed by atoms with Crippen LogP contribution < -0.4 is 15.8 Å². The minimum Gasteiger partial charge on any atom is -0.490 e. The van der Waals surface area contributed by atoms with E-state index in [-0.39, 0.29) is 0 Å². The lowest BCUT2D eigenvalue weighted by Gasteiger charge is -2.09. The van der Waals surface area contributed by atoms with E-state index in [4.69, 9.17) is 10.5 Å². The first-order chi connectivity index (χ1) is 8.11. The van der Waals surface area contributed by atoms with E-state index >= 15 is 0 Å². The van der Waals surface area contributed by atoms with Gasteiger partial charge in [-0.3, -0.25) is 4.68 Å². The van der Waals surface area contributed by atoms with E-state index in [0.717, 1.165) is 11.4 Å². The number of hydrogen-bond donors (Lipinski definition) is 2. The van der Waals surface area contributed by atoms with Gasteiger partial charge in [-0.1, -0.05) is 0 Å². The van der Waals surface area contributed by atoms with E-state index in [1.54, 1.807) is 4.68 Å². The molecule has 0 aliphatic carbocycles. The summed E-state index contributed by atoms with van der Waals surface area (Å²) >= 11 is 0. The Bertz CT molecular complexity index is 536. The molecule has 0 atom stereocenters. The fraction of sp³-hybridized carbons (Fsp3) is 0.300. The van der Waals surface area contributed by atoms with Crippen molar-refractivity contribution in [2.75, 3.05) is 18.2 Å². The normalized spacial score (nSPS) is 10.3. The van der Waals surface area contributed by atoms with Crippen LogP contribution in [-0.4, -0.2) is 26.9 Å². The SMILES string of the molecule is COc1c(N)ncnc1Nc1cn(C)nc1C. The maximum atomic E-state index is 5.69. The van der Waals surface area contributed by atoms with Gasteiger partial charge in [-0.2, -0.15) is 5.10 Å². The van der Waals surface area contributed by atoms with E-state index in [1.165, 1.54) is 13.4 Å². The smallest absolute Gasteiger partial charge is 0.204 e. The van der Waals surface area contributed by atoms with Gasteiger partial charge < -0.3 is 15.8 Å². The van der Waals surface area contributed by atoms with E-state index in [0.29, 0.717) is 17.4 Å². The summed E-state index contributed by atoms with van der Waals surface area (Å²) in [5.41, 5.74) is 7.41. The highest BCUT2D eigenvalue weighted by molar-refractivity contribution is 5.68. The van der Waals surface area contributed by atoms with Crippen molar-refractivity contribution in [1.82, 2.24) is 19.7 Å². The molecule has 2 aromatic rings. The summed E-state index contributed by atoms with van der Waals surface area (Å²) in [5, 5.41) is 7.34. The Kier molecular flexibility index (Phi) is 2.82. The van der Waals surface area contributed by atoms with Crippen LogP contribution in [0.25, 0.3) is 0 Å². The zero-order chi connectivity index (χ0) is 12.4. The van der Waals surface area contributed by atoms with Crippen molar-refractivity contribution >= 4 is 17.3 Å². The largest absolute Gasteiger partial charge is 0.490 e. The molecule has 0 aromatic carbocycles. The molecule has 0 unspecified atom stereocenters. The summed E-state index contributed by atoms with van der Waals surface area (Å²) in [5.74, 6) is 1.25. The first-order valence-electron chi connectivity index (χ1n) is 5.03. The summed E-state index contributed by atoms with van der Waals surface area (Å²) < 4.78 is 6.87. The topological polar surface area (TPSA) is 90.9 Å². The number of nitrogens with two attached hydrogens (primary N) is 1. The van der Waals surface area contributed by atoms with Crippen LogP contribution in [0.3, 0.4) is 0 Å². The molecule has 0 saturated carbocycles.